The van der Waals surface area contributed by atoms with Crippen LogP contribution in [0.25, 0.3) is 22.3 Å². The van der Waals surface area contributed by atoms with Crippen molar-refractivity contribution in [2.24, 2.45) is 0 Å². The largest absolute Gasteiger partial charge is 0.496 e. The molecule has 5 rings (SSSR count). The molecule has 2 fully saturated rings. The lowest BCUT2D eigenvalue weighted by molar-refractivity contribution is 0.0987. The number of likely N-dealkylation sites (N-methyl/N-ethyl adjacent to an activating group) is 1. The number of aliphatic hydroxyl groups excluding tert-OH is 1. The standard InChI is InChI=1S/C25H31N5O4/c1-16-14-34-11-9-30(16)24-20-5-6-21(17-4-7-22(32-3)18(12-17)13-31)26-23(20)27-25(28-24)29(2)19-8-10-33-15-19/h4-7,12,16,19,31H,8-11,13-15H2,1-3H3/t16-,19?/m0/s1. The smallest absolute Gasteiger partial charge is 0.229 e. The molecule has 2 aliphatic heterocycles. The van der Waals surface area contributed by atoms with Crippen LogP contribution in [-0.4, -0.2) is 79.3 Å². The first kappa shape index (κ1) is 22.8. The predicted molar refractivity (Wildman–Crippen MR) is 130 cm³/mol. The van der Waals surface area contributed by atoms with Crippen LogP contribution in [0.3, 0.4) is 0 Å². The maximum absolute atomic E-state index is 9.75. The van der Waals surface area contributed by atoms with Crippen LogP contribution in [0, 0.1) is 0 Å². The number of benzene rings is 1. The second-order valence-electron chi connectivity index (χ2n) is 8.85. The van der Waals surface area contributed by atoms with E-state index < -0.39 is 0 Å². The number of hydrogen-bond donors (Lipinski definition) is 1. The Balaban J connectivity index is 1.62. The number of pyridine rings is 1. The number of methoxy groups -OCH3 is 1. The highest BCUT2D eigenvalue weighted by Gasteiger charge is 2.27. The van der Waals surface area contributed by atoms with Crippen LogP contribution in [0.15, 0.2) is 30.3 Å². The lowest BCUT2D eigenvalue weighted by atomic mass is 10.1. The van der Waals surface area contributed by atoms with Crippen LogP contribution in [0.2, 0.25) is 0 Å². The van der Waals surface area contributed by atoms with Crippen molar-refractivity contribution in [1.29, 1.82) is 0 Å². The fourth-order valence-corrected chi connectivity index (χ4v) is 4.61. The highest BCUT2D eigenvalue weighted by Crippen LogP contribution is 2.32. The van der Waals surface area contributed by atoms with E-state index in [0.717, 1.165) is 42.0 Å². The number of aromatic nitrogens is 3. The molecule has 0 spiro atoms. The summed E-state index contributed by atoms with van der Waals surface area (Å²) in [6, 6.07) is 10.2. The molecule has 2 aliphatic rings. The molecule has 1 unspecified atom stereocenters. The first-order chi connectivity index (χ1) is 16.6. The van der Waals surface area contributed by atoms with Gasteiger partial charge in [-0.05, 0) is 43.7 Å². The Bertz CT molecular complexity index is 1170. The zero-order valence-corrected chi connectivity index (χ0v) is 19.9. The van der Waals surface area contributed by atoms with Crippen LogP contribution in [0.1, 0.15) is 18.9 Å². The van der Waals surface area contributed by atoms with Gasteiger partial charge < -0.3 is 29.1 Å². The minimum absolute atomic E-state index is 0.107. The summed E-state index contributed by atoms with van der Waals surface area (Å²) >= 11 is 0. The van der Waals surface area contributed by atoms with E-state index in [4.69, 9.17) is 29.2 Å². The zero-order chi connectivity index (χ0) is 23.7. The molecule has 0 saturated carbocycles. The minimum atomic E-state index is -0.107. The molecular weight excluding hydrogens is 434 g/mol. The quantitative estimate of drug-likeness (QED) is 0.590. The molecule has 0 bridgehead atoms. The molecule has 1 N–H and O–H groups in total. The molecule has 4 heterocycles. The Kier molecular flexibility index (Phi) is 6.49. The Morgan fingerprint density at radius 3 is 2.71 bits per heavy atom. The van der Waals surface area contributed by atoms with Crippen LogP contribution < -0.4 is 14.5 Å². The number of anilines is 2. The number of aliphatic hydroxyl groups is 1. The molecule has 9 heteroatoms. The highest BCUT2D eigenvalue weighted by atomic mass is 16.5. The van der Waals surface area contributed by atoms with E-state index >= 15 is 0 Å². The van der Waals surface area contributed by atoms with Gasteiger partial charge in [-0.1, -0.05) is 0 Å². The number of morpholine rings is 1. The summed E-state index contributed by atoms with van der Waals surface area (Å²) in [5.74, 6) is 2.18. The van der Waals surface area contributed by atoms with E-state index in [0.29, 0.717) is 42.7 Å². The van der Waals surface area contributed by atoms with Gasteiger partial charge in [0.25, 0.3) is 0 Å². The van der Waals surface area contributed by atoms with Gasteiger partial charge in [-0.25, -0.2) is 4.98 Å². The molecule has 3 aromatic rings. The first-order valence-corrected chi connectivity index (χ1v) is 11.7. The second kappa shape index (κ2) is 9.69. The average Bonchev–Trinajstić information content (AvgIpc) is 3.42. The normalized spacial score (nSPS) is 20.6. The summed E-state index contributed by atoms with van der Waals surface area (Å²) < 4.78 is 16.6. The molecule has 34 heavy (non-hydrogen) atoms. The van der Waals surface area contributed by atoms with E-state index in [9.17, 15) is 5.11 Å². The molecular formula is C25H31N5O4. The summed E-state index contributed by atoms with van der Waals surface area (Å²) in [5.41, 5.74) is 3.03. The monoisotopic (exact) mass is 465 g/mol. The molecule has 9 nitrogen and oxygen atoms in total. The topological polar surface area (TPSA) is 93.1 Å². The third-order valence-corrected chi connectivity index (χ3v) is 6.68. The van der Waals surface area contributed by atoms with Gasteiger partial charge >= 0.3 is 0 Å². The first-order valence-electron chi connectivity index (χ1n) is 11.7. The SMILES string of the molecule is COc1ccc(-c2ccc3c(N4CCOC[C@@H]4C)nc(N(C)C4CCOC4)nc3n2)cc1CO. The maximum atomic E-state index is 9.75. The Hall–Kier alpha value is -3.01. The lowest BCUT2D eigenvalue weighted by Crippen LogP contribution is -2.44. The van der Waals surface area contributed by atoms with Crippen molar-refractivity contribution in [2.75, 3.05) is 56.9 Å². The van der Waals surface area contributed by atoms with E-state index in [2.05, 4.69) is 16.7 Å². The Labute approximate surface area is 199 Å². The lowest BCUT2D eigenvalue weighted by Gasteiger charge is -2.35. The molecule has 1 aromatic carbocycles. The zero-order valence-electron chi connectivity index (χ0n) is 19.9. The number of rotatable bonds is 6. The van der Waals surface area contributed by atoms with Gasteiger partial charge in [0.1, 0.15) is 11.6 Å². The van der Waals surface area contributed by atoms with E-state index in [1.807, 2.05) is 37.4 Å². The summed E-state index contributed by atoms with van der Waals surface area (Å²) in [6.45, 7) is 5.56. The fourth-order valence-electron chi connectivity index (χ4n) is 4.61. The summed E-state index contributed by atoms with van der Waals surface area (Å²) in [4.78, 5) is 19.2. The molecule has 2 atom stereocenters. The number of hydrogen-bond acceptors (Lipinski definition) is 9. The predicted octanol–water partition coefficient (Wildman–Crippen LogP) is 2.64. The van der Waals surface area contributed by atoms with Gasteiger partial charge in [0.15, 0.2) is 5.65 Å². The van der Waals surface area contributed by atoms with E-state index in [1.165, 1.54) is 0 Å². The molecule has 0 amide bonds. The molecule has 0 aliphatic carbocycles. The molecule has 2 aromatic heterocycles. The summed E-state index contributed by atoms with van der Waals surface area (Å²) in [7, 11) is 3.62. The Morgan fingerprint density at radius 1 is 1.12 bits per heavy atom. The van der Waals surface area contributed by atoms with Crippen molar-refractivity contribution in [3.63, 3.8) is 0 Å². The van der Waals surface area contributed by atoms with Gasteiger partial charge in [-0.15, -0.1) is 0 Å². The van der Waals surface area contributed by atoms with Gasteiger partial charge in [0.05, 0.1) is 56.7 Å². The third-order valence-electron chi connectivity index (χ3n) is 6.68. The maximum Gasteiger partial charge on any atom is 0.229 e. The molecule has 180 valence electrons. The van der Waals surface area contributed by atoms with Crippen LogP contribution in [0.5, 0.6) is 5.75 Å². The van der Waals surface area contributed by atoms with Gasteiger partial charge in [-0.2, -0.15) is 9.97 Å². The van der Waals surface area contributed by atoms with Gasteiger partial charge in [0, 0.05) is 31.3 Å². The van der Waals surface area contributed by atoms with Crippen molar-refractivity contribution in [2.45, 2.75) is 32.0 Å². The van der Waals surface area contributed by atoms with Crippen LogP contribution in [-0.2, 0) is 16.1 Å². The number of ether oxygens (including phenoxy) is 3. The van der Waals surface area contributed by atoms with Crippen molar-refractivity contribution in [1.82, 2.24) is 15.0 Å². The van der Waals surface area contributed by atoms with E-state index in [-0.39, 0.29) is 18.7 Å². The minimum Gasteiger partial charge on any atom is -0.496 e. The van der Waals surface area contributed by atoms with E-state index in [1.54, 1.807) is 7.11 Å². The highest BCUT2D eigenvalue weighted by molar-refractivity contribution is 5.90. The second-order valence-corrected chi connectivity index (χ2v) is 8.85. The molecule has 0 radical (unpaired) electrons. The van der Waals surface area contributed by atoms with Crippen LogP contribution >= 0.6 is 0 Å². The number of nitrogens with zero attached hydrogens (tertiary/aromatic N) is 5. The van der Waals surface area contributed by atoms with Crippen molar-refractivity contribution >= 4 is 22.8 Å². The fraction of sp³-hybridized carbons (Fsp3) is 0.480. The Morgan fingerprint density at radius 2 is 1.97 bits per heavy atom. The van der Waals surface area contributed by atoms with Gasteiger partial charge in [0.2, 0.25) is 5.95 Å². The van der Waals surface area contributed by atoms with Crippen LogP contribution in [0.4, 0.5) is 11.8 Å². The molecule has 2 saturated heterocycles. The van der Waals surface area contributed by atoms with Crippen molar-refractivity contribution < 1.29 is 19.3 Å². The third kappa shape index (κ3) is 4.26. The van der Waals surface area contributed by atoms with Gasteiger partial charge in [-0.3, -0.25) is 0 Å². The van der Waals surface area contributed by atoms with Crippen molar-refractivity contribution in [3.05, 3.63) is 35.9 Å². The summed E-state index contributed by atoms with van der Waals surface area (Å²) in [6.07, 6.45) is 0.949. The average molecular weight is 466 g/mol. The summed E-state index contributed by atoms with van der Waals surface area (Å²) in [5, 5.41) is 10.7. The van der Waals surface area contributed by atoms with Crippen molar-refractivity contribution in [3.8, 4) is 17.0 Å². The number of fused-ring (bicyclic) bond motifs is 1.